The molecule has 7 heteroatoms. The third-order valence-electron chi connectivity index (χ3n) is 2.71. The Morgan fingerprint density at radius 1 is 1.40 bits per heavy atom. The topological polar surface area (TPSA) is 75.6 Å². The van der Waals surface area contributed by atoms with Crippen molar-refractivity contribution in [1.82, 2.24) is 4.72 Å². The van der Waals surface area contributed by atoms with Crippen LogP contribution in [0.25, 0.3) is 0 Å². The Bertz CT molecular complexity index is 545. The summed E-state index contributed by atoms with van der Waals surface area (Å²) in [5, 5.41) is 9.30. The largest absolute Gasteiger partial charge is 0.495 e. The molecule has 0 amide bonds. The summed E-state index contributed by atoms with van der Waals surface area (Å²) < 4.78 is 33.0. The van der Waals surface area contributed by atoms with Crippen LogP contribution >= 0.6 is 15.9 Å². The van der Waals surface area contributed by atoms with Crippen LogP contribution in [0.3, 0.4) is 0 Å². The predicted molar refractivity (Wildman–Crippen MR) is 81.3 cm³/mol. The lowest BCUT2D eigenvalue weighted by molar-refractivity contribution is 0.240. The molecule has 0 bridgehead atoms. The fourth-order valence-electron chi connectivity index (χ4n) is 1.87. The van der Waals surface area contributed by atoms with Crippen molar-refractivity contribution in [2.24, 2.45) is 5.92 Å². The molecule has 1 unspecified atom stereocenters. The normalized spacial score (nSPS) is 13.5. The number of rotatable bonds is 7. The second kappa shape index (κ2) is 7.40. The second-order valence-electron chi connectivity index (χ2n) is 4.93. The lowest BCUT2D eigenvalue weighted by atomic mass is 10.1. The van der Waals surface area contributed by atoms with Crippen LogP contribution in [0.5, 0.6) is 5.75 Å². The molecule has 1 aromatic carbocycles. The van der Waals surface area contributed by atoms with Crippen LogP contribution in [-0.4, -0.2) is 33.3 Å². The van der Waals surface area contributed by atoms with E-state index >= 15 is 0 Å². The van der Waals surface area contributed by atoms with Crippen LogP contribution in [0.2, 0.25) is 0 Å². The van der Waals surface area contributed by atoms with E-state index in [1.165, 1.54) is 13.2 Å². The summed E-state index contributed by atoms with van der Waals surface area (Å²) in [5.74, 6) is 0.543. The molecule has 1 rings (SSSR count). The molecule has 0 aliphatic heterocycles. The zero-order chi connectivity index (χ0) is 15.3. The van der Waals surface area contributed by atoms with Crippen LogP contribution < -0.4 is 9.46 Å². The summed E-state index contributed by atoms with van der Waals surface area (Å²) in [5.41, 5.74) is 0. The van der Waals surface area contributed by atoms with Crippen molar-refractivity contribution < 1.29 is 18.3 Å². The van der Waals surface area contributed by atoms with Gasteiger partial charge in [-0.3, -0.25) is 0 Å². The number of methoxy groups -OCH3 is 1. The quantitative estimate of drug-likeness (QED) is 0.775. The number of aliphatic hydroxyl groups is 1. The number of nitrogens with one attached hydrogen (secondary N) is 1. The Kier molecular flexibility index (Phi) is 6.44. The highest BCUT2D eigenvalue weighted by molar-refractivity contribution is 9.10. The number of halogens is 1. The van der Waals surface area contributed by atoms with Crippen molar-refractivity contribution >= 4 is 26.0 Å². The summed E-state index contributed by atoms with van der Waals surface area (Å²) in [6.07, 6.45) is 0.562. The van der Waals surface area contributed by atoms with Gasteiger partial charge in [-0.2, -0.15) is 0 Å². The first-order valence-electron chi connectivity index (χ1n) is 6.27. The van der Waals surface area contributed by atoms with Gasteiger partial charge < -0.3 is 9.84 Å². The number of aliphatic hydroxyl groups excluding tert-OH is 1. The zero-order valence-electron chi connectivity index (χ0n) is 11.8. The van der Waals surface area contributed by atoms with Crippen molar-refractivity contribution in [3.8, 4) is 5.75 Å². The number of hydrogen-bond donors (Lipinski definition) is 2. The molecule has 2 N–H and O–H groups in total. The summed E-state index contributed by atoms with van der Waals surface area (Å²) in [4.78, 5) is 0.0524. The summed E-state index contributed by atoms with van der Waals surface area (Å²) in [6.45, 7) is 3.70. The molecule has 0 radical (unpaired) electrons. The van der Waals surface area contributed by atoms with Gasteiger partial charge in [-0.05, 0) is 30.5 Å². The lowest BCUT2D eigenvalue weighted by Gasteiger charge is -2.19. The molecule has 0 aromatic heterocycles. The van der Waals surface area contributed by atoms with E-state index in [0.717, 1.165) is 0 Å². The first kappa shape index (κ1) is 17.4. The first-order chi connectivity index (χ1) is 9.30. The molecule has 114 valence electrons. The number of sulfonamides is 1. The average molecular weight is 366 g/mol. The lowest BCUT2D eigenvalue weighted by Crippen LogP contribution is -2.38. The van der Waals surface area contributed by atoms with Gasteiger partial charge in [0, 0.05) is 10.5 Å². The molecule has 0 heterocycles. The van der Waals surface area contributed by atoms with E-state index in [9.17, 15) is 13.5 Å². The van der Waals surface area contributed by atoms with Crippen LogP contribution in [0, 0.1) is 5.92 Å². The minimum atomic E-state index is -3.75. The minimum absolute atomic E-state index is 0.0524. The molecule has 0 spiro atoms. The van der Waals surface area contributed by atoms with E-state index < -0.39 is 16.1 Å². The van der Waals surface area contributed by atoms with Crippen molar-refractivity contribution in [2.45, 2.75) is 31.2 Å². The van der Waals surface area contributed by atoms with E-state index in [1.54, 1.807) is 12.1 Å². The summed E-state index contributed by atoms with van der Waals surface area (Å²) >= 11 is 3.24. The van der Waals surface area contributed by atoms with E-state index in [1.807, 2.05) is 13.8 Å². The molecule has 20 heavy (non-hydrogen) atoms. The van der Waals surface area contributed by atoms with Crippen molar-refractivity contribution in [1.29, 1.82) is 0 Å². The second-order valence-corrected chi connectivity index (χ2v) is 7.52. The monoisotopic (exact) mass is 365 g/mol. The van der Waals surface area contributed by atoms with Crippen LogP contribution in [0.1, 0.15) is 20.3 Å². The average Bonchev–Trinajstić information content (AvgIpc) is 2.37. The van der Waals surface area contributed by atoms with Gasteiger partial charge in [0.1, 0.15) is 10.6 Å². The van der Waals surface area contributed by atoms with Gasteiger partial charge in [0.2, 0.25) is 10.0 Å². The highest BCUT2D eigenvalue weighted by Crippen LogP contribution is 2.27. The highest BCUT2D eigenvalue weighted by atomic mass is 79.9. The Morgan fingerprint density at radius 3 is 2.55 bits per heavy atom. The molecular weight excluding hydrogens is 346 g/mol. The Labute approximate surface area is 128 Å². The van der Waals surface area contributed by atoms with Gasteiger partial charge in [-0.1, -0.05) is 29.8 Å². The molecule has 0 fully saturated rings. The predicted octanol–water partition coefficient (Wildman–Crippen LogP) is 2.14. The number of benzene rings is 1. The maximum absolute atomic E-state index is 12.4. The molecule has 0 aliphatic rings. The van der Waals surface area contributed by atoms with Crippen LogP contribution in [-0.2, 0) is 10.0 Å². The number of hydrogen-bond acceptors (Lipinski definition) is 4. The maximum Gasteiger partial charge on any atom is 0.244 e. The third kappa shape index (κ3) is 4.73. The van der Waals surface area contributed by atoms with Gasteiger partial charge in [-0.25, -0.2) is 13.1 Å². The standard InChI is InChI=1S/C13H20BrNO4S/c1-9(2)6-11(8-16)15-20(17,18)13-7-10(14)4-5-12(13)19-3/h4-5,7,9,11,15-16H,6,8H2,1-3H3. The smallest absolute Gasteiger partial charge is 0.244 e. The maximum atomic E-state index is 12.4. The van der Waals surface area contributed by atoms with Crippen molar-refractivity contribution in [3.05, 3.63) is 22.7 Å². The summed E-state index contributed by atoms with van der Waals surface area (Å²) in [7, 11) is -2.33. The number of ether oxygens (including phenoxy) is 1. The molecule has 0 saturated carbocycles. The highest BCUT2D eigenvalue weighted by Gasteiger charge is 2.24. The van der Waals surface area contributed by atoms with Gasteiger partial charge in [0.25, 0.3) is 0 Å². The van der Waals surface area contributed by atoms with Gasteiger partial charge in [-0.15, -0.1) is 0 Å². The van der Waals surface area contributed by atoms with E-state index in [2.05, 4.69) is 20.7 Å². The van der Waals surface area contributed by atoms with Crippen LogP contribution in [0.4, 0.5) is 0 Å². The van der Waals surface area contributed by atoms with Crippen molar-refractivity contribution in [3.63, 3.8) is 0 Å². The third-order valence-corrected chi connectivity index (χ3v) is 4.75. The molecule has 0 saturated heterocycles. The summed E-state index contributed by atoms with van der Waals surface area (Å²) in [6, 6.07) is 4.25. The first-order valence-corrected chi connectivity index (χ1v) is 8.54. The zero-order valence-corrected chi connectivity index (χ0v) is 14.2. The van der Waals surface area contributed by atoms with Gasteiger partial charge in [0.15, 0.2) is 0 Å². The Hall–Kier alpha value is -0.630. The molecule has 1 aromatic rings. The fraction of sp³-hybridized carbons (Fsp3) is 0.538. The SMILES string of the molecule is COc1ccc(Br)cc1S(=O)(=O)NC(CO)CC(C)C. The fourth-order valence-corrected chi connectivity index (χ4v) is 3.82. The molecule has 1 atom stereocenters. The molecular formula is C13H20BrNO4S. The van der Waals surface area contributed by atoms with E-state index in [-0.39, 0.29) is 23.2 Å². The molecule has 5 nitrogen and oxygen atoms in total. The van der Waals surface area contributed by atoms with E-state index in [4.69, 9.17) is 4.74 Å². The van der Waals surface area contributed by atoms with Gasteiger partial charge in [0.05, 0.1) is 13.7 Å². The Balaban J connectivity index is 3.07. The van der Waals surface area contributed by atoms with E-state index in [0.29, 0.717) is 10.9 Å². The Morgan fingerprint density at radius 2 is 2.05 bits per heavy atom. The van der Waals surface area contributed by atoms with Crippen molar-refractivity contribution in [2.75, 3.05) is 13.7 Å². The molecule has 0 aliphatic carbocycles. The van der Waals surface area contributed by atoms with Gasteiger partial charge >= 0.3 is 0 Å². The minimum Gasteiger partial charge on any atom is -0.495 e. The van der Waals surface area contributed by atoms with Crippen LogP contribution in [0.15, 0.2) is 27.6 Å².